The highest BCUT2D eigenvalue weighted by Gasteiger charge is 2.27. The Hall–Kier alpha value is -1.38. The van der Waals surface area contributed by atoms with Crippen LogP contribution in [0.15, 0.2) is 48.5 Å². The Balaban J connectivity index is 2.09. The van der Waals surface area contributed by atoms with Gasteiger partial charge in [0.15, 0.2) is 0 Å². The van der Waals surface area contributed by atoms with Gasteiger partial charge >= 0.3 is 0 Å². The second-order valence-electron chi connectivity index (χ2n) is 5.56. The minimum Gasteiger partial charge on any atom is -0.387 e. The first kappa shape index (κ1) is 12.4. The fourth-order valence-corrected chi connectivity index (χ4v) is 3.77. The van der Waals surface area contributed by atoms with Crippen LogP contribution in [0.2, 0.25) is 0 Å². The molecule has 0 bridgehead atoms. The second kappa shape index (κ2) is 4.57. The number of hydrogen-bond acceptors (Lipinski definition) is 1. The van der Waals surface area contributed by atoms with Crippen LogP contribution in [0.4, 0.5) is 0 Å². The molecule has 0 unspecified atom stereocenters. The summed E-state index contributed by atoms with van der Waals surface area (Å²) in [6, 6.07) is 17.2. The first-order valence-electron chi connectivity index (χ1n) is 7.00. The van der Waals surface area contributed by atoms with Crippen molar-refractivity contribution in [3.8, 4) is 0 Å². The van der Waals surface area contributed by atoms with E-state index < -0.39 is 6.10 Å². The Morgan fingerprint density at radius 2 is 1.70 bits per heavy atom. The molecule has 3 aromatic carbocycles. The lowest BCUT2D eigenvalue weighted by Gasteiger charge is -2.27. The van der Waals surface area contributed by atoms with Gasteiger partial charge in [-0.25, -0.2) is 0 Å². The molecule has 0 saturated carbocycles. The molecule has 3 aromatic rings. The van der Waals surface area contributed by atoms with Gasteiger partial charge in [-0.1, -0.05) is 52.3 Å². The molecule has 0 aliphatic heterocycles. The molecule has 2 heteroatoms. The standard InChI is InChI=1S/C18H15BrO/c19-16-8-7-11-5-6-14-9-12-3-1-2-4-13(12)10-15(14)17(11)18(16)20/h1-6,9-10,16,18,20H,7-8H2/t16-,18+/m0/s1. The average Bonchev–Trinajstić information content (AvgIpc) is 2.48. The SMILES string of the molecule is O[C@H]1c2c(ccc3cc4ccccc4cc23)CC[C@@H]1Br. The maximum Gasteiger partial charge on any atom is 0.0923 e. The maximum atomic E-state index is 10.6. The number of aryl methyl sites for hydroxylation is 1. The molecule has 0 fully saturated rings. The van der Waals surface area contributed by atoms with Gasteiger partial charge in [0.05, 0.1) is 6.10 Å². The van der Waals surface area contributed by atoms with Crippen molar-refractivity contribution >= 4 is 37.5 Å². The summed E-state index contributed by atoms with van der Waals surface area (Å²) >= 11 is 3.61. The van der Waals surface area contributed by atoms with Crippen molar-refractivity contribution in [3.63, 3.8) is 0 Å². The summed E-state index contributed by atoms with van der Waals surface area (Å²) in [5, 5.41) is 15.4. The Kier molecular flexibility index (Phi) is 2.83. The lowest BCUT2D eigenvalue weighted by molar-refractivity contribution is 0.167. The Morgan fingerprint density at radius 1 is 0.950 bits per heavy atom. The van der Waals surface area contributed by atoms with Crippen LogP contribution in [-0.4, -0.2) is 9.93 Å². The zero-order valence-electron chi connectivity index (χ0n) is 11.0. The van der Waals surface area contributed by atoms with Crippen molar-refractivity contribution in [2.75, 3.05) is 0 Å². The first-order chi connectivity index (χ1) is 9.74. The van der Waals surface area contributed by atoms with Crippen molar-refractivity contribution in [2.45, 2.75) is 23.8 Å². The minimum absolute atomic E-state index is 0.159. The van der Waals surface area contributed by atoms with E-state index >= 15 is 0 Å². The van der Waals surface area contributed by atoms with Crippen molar-refractivity contribution in [3.05, 3.63) is 59.7 Å². The highest BCUT2D eigenvalue weighted by molar-refractivity contribution is 9.09. The van der Waals surface area contributed by atoms with E-state index in [4.69, 9.17) is 0 Å². The number of halogens is 1. The van der Waals surface area contributed by atoms with Crippen LogP contribution in [0.25, 0.3) is 21.5 Å². The van der Waals surface area contributed by atoms with E-state index in [0.717, 1.165) is 18.4 Å². The zero-order chi connectivity index (χ0) is 13.7. The van der Waals surface area contributed by atoms with Gasteiger partial charge in [0.25, 0.3) is 0 Å². The summed E-state index contributed by atoms with van der Waals surface area (Å²) in [7, 11) is 0. The number of benzene rings is 3. The third-order valence-electron chi connectivity index (χ3n) is 4.35. The van der Waals surface area contributed by atoms with Gasteiger partial charge in [-0.3, -0.25) is 0 Å². The third kappa shape index (κ3) is 1.79. The second-order valence-corrected chi connectivity index (χ2v) is 6.73. The molecule has 0 heterocycles. The van der Waals surface area contributed by atoms with Crippen LogP contribution in [0.5, 0.6) is 0 Å². The van der Waals surface area contributed by atoms with E-state index in [2.05, 4.69) is 64.5 Å². The topological polar surface area (TPSA) is 20.2 Å². The summed E-state index contributed by atoms with van der Waals surface area (Å²) in [6.07, 6.45) is 1.61. The van der Waals surface area contributed by atoms with Gasteiger partial charge in [0, 0.05) is 4.83 Å². The molecule has 1 N–H and O–H groups in total. The number of alkyl halides is 1. The van der Waals surface area contributed by atoms with E-state index in [1.807, 2.05) is 0 Å². The van der Waals surface area contributed by atoms with Crippen LogP contribution in [0, 0.1) is 0 Å². The van der Waals surface area contributed by atoms with Crippen LogP contribution in [0.1, 0.15) is 23.7 Å². The minimum atomic E-state index is -0.413. The molecule has 20 heavy (non-hydrogen) atoms. The van der Waals surface area contributed by atoms with Gasteiger partial charge < -0.3 is 5.11 Å². The highest BCUT2D eigenvalue weighted by Crippen LogP contribution is 2.39. The molecule has 2 atom stereocenters. The smallest absolute Gasteiger partial charge is 0.0923 e. The summed E-state index contributed by atoms with van der Waals surface area (Å²) in [5.74, 6) is 0. The van der Waals surface area contributed by atoms with Crippen molar-refractivity contribution < 1.29 is 5.11 Å². The van der Waals surface area contributed by atoms with Crippen LogP contribution >= 0.6 is 15.9 Å². The first-order valence-corrected chi connectivity index (χ1v) is 7.92. The Bertz CT molecular complexity index is 809. The van der Waals surface area contributed by atoms with Gasteiger partial charge in [-0.05, 0) is 57.6 Å². The molecule has 0 spiro atoms. The van der Waals surface area contributed by atoms with E-state index in [-0.39, 0.29) is 4.83 Å². The van der Waals surface area contributed by atoms with E-state index in [1.165, 1.54) is 27.1 Å². The van der Waals surface area contributed by atoms with E-state index in [0.29, 0.717) is 0 Å². The summed E-state index contributed by atoms with van der Waals surface area (Å²) < 4.78 is 0. The Labute approximate surface area is 126 Å². The summed E-state index contributed by atoms with van der Waals surface area (Å²) in [5.41, 5.74) is 2.40. The molecule has 1 aliphatic rings. The fraction of sp³-hybridized carbons (Fsp3) is 0.222. The fourth-order valence-electron chi connectivity index (χ4n) is 3.28. The molecule has 0 saturated heterocycles. The summed E-state index contributed by atoms with van der Waals surface area (Å²) in [4.78, 5) is 0.159. The lowest BCUT2D eigenvalue weighted by atomic mass is 9.85. The molecule has 4 rings (SSSR count). The predicted molar refractivity (Wildman–Crippen MR) is 87.4 cm³/mol. The molecular formula is C18H15BrO. The number of aliphatic hydroxyl groups is 1. The van der Waals surface area contributed by atoms with Gasteiger partial charge in [-0.15, -0.1) is 0 Å². The molecule has 0 amide bonds. The van der Waals surface area contributed by atoms with Crippen LogP contribution in [-0.2, 0) is 6.42 Å². The Morgan fingerprint density at radius 3 is 2.50 bits per heavy atom. The van der Waals surface area contributed by atoms with Crippen molar-refractivity contribution in [1.82, 2.24) is 0 Å². The maximum absolute atomic E-state index is 10.6. The van der Waals surface area contributed by atoms with Crippen LogP contribution in [0.3, 0.4) is 0 Å². The normalized spacial score (nSPS) is 22.1. The van der Waals surface area contributed by atoms with E-state index in [9.17, 15) is 5.11 Å². The lowest BCUT2D eigenvalue weighted by Crippen LogP contribution is -2.20. The molecule has 0 aromatic heterocycles. The molecule has 100 valence electrons. The van der Waals surface area contributed by atoms with E-state index in [1.54, 1.807) is 0 Å². The highest BCUT2D eigenvalue weighted by atomic mass is 79.9. The molecule has 1 nitrogen and oxygen atoms in total. The quantitative estimate of drug-likeness (QED) is 0.467. The van der Waals surface area contributed by atoms with Gasteiger partial charge in [0.2, 0.25) is 0 Å². The average molecular weight is 327 g/mol. The monoisotopic (exact) mass is 326 g/mol. The van der Waals surface area contributed by atoms with Crippen molar-refractivity contribution in [2.24, 2.45) is 0 Å². The van der Waals surface area contributed by atoms with Crippen molar-refractivity contribution in [1.29, 1.82) is 0 Å². The van der Waals surface area contributed by atoms with Crippen LogP contribution < -0.4 is 0 Å². The molecular weight excluding hydrogens is 312 g/mol. The number of aliphatic hydroxyl groups excluding tert-OH is 1. The third-order valence-corrected chi connectivity index (χ3v) is 5.30. The van der Waals surface area contributed by atoms with Gasteiger partial charge in [-0.2, -0.15) is 0 Å². The predicted octanol–water partition coefficient (Wildman–Crippen LogP) is 4.74. The largest absolute Gasteiger partial charge is 0.387 e. The number of hydrogen-bond donors (Lipinski definition) is 1. The van der Waals surface area contributed by atoms with Gasteiger partial charge in [0.1, 0.15) is 0 Å². The number of rotatable bonds is 0. The number of fused-ring (bicyclic) bond motifs is 4. The molecule has 1 aliphatic carbocycles. The molecule has 0 radical (unpaired) electrons. The summed E-state index contributed by atoms with van der Waals surface area (Å²) in [6.45, 7) is 0. The zero-order valence-corrected chi connectivity index (χ0v) is 12.6.